The monoisotopic (exact) mass is 519 g/mol. The van der Waals surface area contributed by atoms with Crippen molar-refractivity contribution in [2.24, 2.45) is 7.05 Å². The highest BCUT2D eigenvalue weighted by Crippen LogP contribution is 2.36. The largest absolute Gasteiger partial charge is 0.451 e. The predicted molar refractivity (Wildman–Crippen MR) is 123 cm³/mol. The number of nitrogens with one attached hydrogen (secondary N) is 1. The van der Waals surface area contributed by atoms with E-state index in [1.54, 1.807) is 29.4 Å². The van der Waals surface area contributed by atoms with Crippen molar-refractivity contribution in [2.45, 2.75) is 37.1 Å². The summed E-state index contributed by atoms with van der Waals surface area (Å²) >= 11 is 0. The van der Waals surface area contributed by atoms with Gasteiger partial charge in [0.25, 0.3) is 5.91 Å². The van der Waals surface area contributed by atoms with Gasteiger partial charge in [-0.1, -0.05) is 12.1 Å². The lowest BCUT2D eigenvalue weighted by Crippen LogP contribution is -2.49. The standard InChI is InChI=1S/C24H25F4N7O2/c1-34-14-29-33-20(34)9-23(12-37-13-23)15-3-2-4-17(7-15)30-21(36)19-8-18(11-35-6-5-16(25)10-35)31-22(32-19)24(26,27)28/h2-4,7-8,14,16H,5-6,9-13H2,1H3,(H,30,36)/t16-/m0/s1. The van der Waals surface area contributed by atoms with E-state index < -0.39 is 29.8 Å². The van der Waals surface area contributed by atoms with Gasteiger partial charge in [-0.3, -0.25) is 9.69 Å². The molecule has 4 heterocycles. The minimum atomic E-state index is -4.84. The molecule has 0 saturated carbocycles. The number of nitrogens with zero attached hydrogens (tertiary/aromatic N) is 6. The van der Waals surface area contributed by atoms with Crippen LogP contribution in [0.15, 0.2) is 36.7 Å². The summed E-state index contributed by atoms with van der Waals surface area (Å²) in [5, 5.41) is 10.7. The smallest absolute Gasteiger partial charge is 0.379 e. The second-order valence-corrected chi connectivity index (χ2v) is 9.53. The first-order valence-electron chi connectivity index (χ1n) is 11.8. The van der Waals surface area contributed by atoms with Gasteiger partial charge in [-0.15, -0.1) is 10.2 Å². The number of carbonyl (C=O) groups is 1. The van der Waals surface area contributed by atoms with Gasteiger partial charge in [0.2, 0.25) is 5.82 Å². The number of halogens is 4. The summed E-state index contributed by atoms with van der Waals surface area (Å²) in [4.78, 5) is 21.7. The summed E-state index contributed by atoms with van der Waals surface area (Å²) in [7, 11) is 1.85. The Kier molecular flexibility index (Phi) is 6.67. The zero-order valence-corrected chi connectivity index (χ0v) is 20.0. The Labute approximate surface area is 209 Å². The molecule has 1 amide bonds. The van der Waals surface area contributed by atoms with Gasteiger partial charge in [0.05, 0.1) is 18.9 Å². The van der Waals surface area contributed by atoms with Crippen LogP contribution in [0.25, 0.3) is 0 Å². The topological polar surface area (TPSA) is 98.1 Å². The Morgan fingerprint density at radius 2 is 2.05 bits per heavy atom. The molecule has 5 rings (SSSR count). The summed E-state index contributed by atoms with van der Waals surface area (Å²) in [6.45, 7) is 1.42. The van der Waals surface area contributed by atoms with Crippen molar-refractivity contribution in [1.82, 2.24) is 29.6 Å². The summed E-state index contributed by atoms with van der Waals surface area (Å²) in [6.07, 6.45) is -3.37. The highest BCUT2D eigenvalue weighted by molar-refractivity contribution is 6.03. The average molecular weight is 520 g/mol. The number of ether oxygens (including phenoxy) is 1. The third kappa shape index (κ3) is 5.47. The molecule has 9 nitrogen and oxygen atoms in total. The van der Waals surface area contributed by atoms with Crippen LogP contribution in [0, 0.1) is 0 Å². The zero-order chi connectivity index (χ0) is 26.2. The number of likely N-dealkylation sites (tertiary alicyclic amines) is 1. The molecular weight excluding hydrogens is 494 g/mol. The van der Waals surface area contributed by atoms with Gasteiger partial charge in [-0.05, 0) is 30.2 Å². The molecule has 0 bridgehead atoms. The van der Waals surface area contributed by atoms with Gasteiger partial charge >= 0.3 is 6.18 Å². The third-order valence-electron chi connectivity index (χ3n) is 6.66. The van der Waals surface area contributed by atoms with Crippen molar-refractivity contribution >= 4 is 11.6 Å². The van der Waals surface area contributed by atoms with Crippen LogP contribution in [0.5, 0.6) is 0 Å². The normalized spacial score (nSPS) is 19.5. The van der Waals surface area contributed by atoms with Gasteiger partial charge in [0.1, 0.15) is 24.0 Å². The van der Waals surface area contributed by atoms with E-state index in [0.717, 1.165) is 11.4 Å². The molecule has 1 aromatic carbocycles. The van der Waals surface area contributed by atoms with Gasteiger partial charge in [-0.25, -0.2) is 14.4 Å². The SMILES string of the molecule is Cn1cnnc1CC1(c2cccc(NC(=O)c3cc(CN4CC[C@H](F)C4)nc(C(F)(F)F)n3)c2)COC1. The molecule has 2 aromatic heterocycles. The first kappa shape index (κ1) is 25.2. The highest BCUT2D eigenvalue weighted by atomic mass is 19.4. The van der Waals surface area contributed by atoms with Crippen molar-refractivity contribution < 1.29 is 27.1 Å². The lowest BCUT2D eigenvalue weighted by Gasteiger charge is -2.41. The predicted octanol–water partition coefficient (Wildman–Crippen LogP) is 2.93. The lowest BCUT2D eigenvalue weighted by molar-refractivity contribution is -0.145. The first-order valence-corrected chi connectivity index (χ1v) is 11.8. The van der Waals surface area contributed by atoms with E-state index in [1.807, 2.05) is 17.7 Å². The molecule has 0 aliphatic carbocycles. The fraction of sp³-hybridized carbons (Fsp3) is 0.458. The van der Waals surface area contributed by atoms with Crippen LogP contribution in [0.4, 0.5) is 23.2 Å². The van der Waals surface area contributed by atoms with E-state index in [4.69, 9.17) is 4.74 Å². The molecule has 1 atom stereocenters. The van der Waals surface area contributed by atoms with Crippen LogP contribution in [0.2, 0.25) is 0 Å². The highest BCUT2D eigenvalue weighted by Gasteiger charge is 2.42. The third-order valence-corrected chi connectivity index (χ3v) is 6.66. The van der Waals surface area contributed by atoms with Crippen molar-refractivity contribution in [2.75, 3.05) is 31.6 Å². The van der Waals surface area contributed by atoms with Crippen LogP contribution >= 0.6 is 0 Å². The Hall–Kier alpha value is -3.45. The number of aromatic nitrogens is 5. The number of rotatable bonds is 7. The van der Waals surface area contributed by atoms with E-state index in [1.165, 1.54) is 6.07 Å². The Morgan fingerprint density at radius 3 is 2.68 bits per heavy atom. The molecule has 2 saturated heterocycles. The fourth-order valence-electron chi connectivity index (χ4n) is 4.59. The van der Waals surface area contributed by atoms with Gasteiger partial charge in [0, 0.05) is 44.2 Å². The van der Waals surface area contributed by atoms with E-state index in [0.29, 0.717) is 38.3 Å². The van der Waals surface area contributed by atoms with Crippen LogP contribution in [-0.2, 0) is 36.3 Å². The van der Waals surface area contributed by atoms with Crippen LogP contribution in [0.1, 0.15) is 39.8 Å². The van der Waals surface area contributed by atoms with Gasteiger partial charge in [-0.2, -0.15) is 13.2 Å². The van der Waals surface area contributed by atoms with Crippen LogP contribution in [-0.4, -0.2) is 68.0 Å². The molecule has 0 radical (unpaired) electrons. The molecule has 1 N–H and O–H groups in total. The lowest BCUT2D eigenvalue weighted by atomic mass is 9.75. The molecule has 2 fully saturated rings. The minimum Gasteiger partial charge on any atom is -0.379 e. The van der Waals surface area contributed by atoms with E-state index >= 15 is 0 Å². The molecule has 196 valence electrons. The van der Waals surface area contributed by atoms with E-state index in [9.17, 15) is 22.4 Å². The number of amides is 1. The molecule has 2 aliphatic rings. The first-order chi connectivity index (χ1) is 17.6. The Balaban J connectivity index is 1.37. The minimum absolute atomic E-state index is 0.00423. The number of hydrogen-bond acceptors (Lipinski definition) is 7. The molecular formula is C24H25F4N7O2. The van der Waals surface area contributed by atoms with Crippen molar-refractivity contribution in [3.8, 4) is 0 Å². The number of hydrogen-bond donors (Lipinski definition) is 1. The van der Waals surface area contributed by atoms with Gasteiger partial charge in [0.15, 0.2) is 0 Å². The number of carbonyl (C=O) groups excluding carboxylic acids is 1. The second kappa shape index (κ2) is 9.78. The quantitative estimate of drug-likeness (QED) is 0.480. The van der Waals surface area contributed by atoms with E-state index in [2.05, 4.69) is 25.5 Å². The summed E-state index contributed by atoms with van der Waals surface area (Å²) in [5.74, 6) is -1.43. The number of anilines is 1. The molecule has 13 heteroatoms. The van der Waals surface area contributed by atoms with Crippen molar-refractivity contribution in [3.63, 3.8) is 0 Å². The molecule has 2 aliphatic heterocycles. The molecule has 0 spiro atoms. The molecule has 0 unspecified atom stereocenters. The summed E-state index contributed by atoms with van der Waals surface area (Å²) in [6, 6.07) is 8.31. The van der Waals surface area contributed by atoms with Crippen LogP contribution in [0.3, 0.4) is 0 Å². The summed E-state index contributed by atoms with van der Waals surface area (Å²) < 4.78 is 61.3. The maximum Gasteiger partial charge on any atom is 0.451 e. The summed E-state index contributed by atoms with van der Waals surface area (Å²) in [5.41, 5.74) is 0.523. The van der Waals surface area contributed by atoms with E-state index in [-0.39, 0.29) is 24.2 Å². The number of alkyl halides is 4. The maximum absolute atomic E-state index is 13.5. The second-order valence-electron chi connectivity index (χ2n) is 9.53. The van der Waals surface area contributed by atoms with Crippen molar-refractivity contribution in [3.05, 3.63) is 65.3 Å². The Morgan fingerprint density at radius 1 is 1.24 bits per heavy atom. The number of benzene rings is 1. The van der Waals surface area contributed by atoms with Gasteiger partial charge < -0.3 is 14.6 Å². The van der Waals surface area contributed by atoms with Crippen LogP contribution < -0.4 is 5.32 Å². The molecule has 3 aromatic rings. The fourth-order valence-corrected chi connectivity index (χ4v) is 4.59. The van der Waals surface area contributed by atoms with Crippen molar-refractivity contribution in [1.29, 1.82) is 0 Å². The average Bonchev–Trinajstić information content (AvgIpc) is 3.42. The zero-order valence-electron chi connectivity index (χ0n) is 20.0. The molecule has 37 heavy (non-hydrogen) atoms. The number of aryl methyl sites for hydroxylation is 1. The maximum atomic E-state index is 13.5. The Bertz CT molecular complexity index is 1290.